The first-order chi connectivity index (χ1) is 7.69. The van der Waals surface area contributed by atoms with Crippen molar-refractivity contribution in [3.63, 3.8) is 0 Å². The van der Waals surface area contributed by atoms with E-state index in [9.17, 15) is 4.79 Å². The lowest BCUT2D eigenvalue weighted by Gasteiger charge is -1.88. The number of carbonyl (C=O) groups is 1. The van der Waals surface area contributed by atoms with E-state index in [2.05, 4.69) is 20.4 Å². The summed E-state index contributed by atoms with van der Waals surface area (Å²) in [6.45, 7) is 0. The zero-order chi connectivity index (χ0) is 11.5. The molecule has 0 aliphatic rings. The Balaban J connectivity index is 2.11. The molecule has 8 heteroatoms. The topological polar surface area (TPSA) is 107 Å². The summed E-state index contributed by atoms with van der Waals surface area (Å²) < 4.78 is 4.90. The quantitative estimate of drug-likeness (QED) is 0.784. The number of nitrogens with one attached hydrogen (secondary N) is 1. The number of amides is 1. The molecule has 0 fully saturated rings. The molecule has 2 heterocycles. The van der Waals surface area contributed by atoms with Crippen molar-refractivity contribution >= 4 is 22.4 Å². The molecular weight excluding hydrogens is 230 g/mol. The largest absolute Gasteiger partial charge is 0.375 e. The van der Waals surface area contributed by atoms with Gasteiger partial charge in [-0.25, -0.2) is 4.98 Å². The molecule has 2 aromatic heterocycles. The number of nitrogens with zero attached hydrogens (tertiary/aromatic N) is 3. The first-order valence-corrected chi connectivity index (χ1v) is 5.31. The lowest BCUT2D eigenvalue weighted by Crippen LogP contribution is -2.19. The Labute approximate surface area is 94.7 Å². The number of aromatic nitrogens is 3. The van der Waals surface area contributed by atoms with Crippen LogP contribution in [0.5, 0.6) is 0 Å². The van der Waals surface area contributed by atoms with Crippen molar-refractivity contribution in [1.29, 1.82) is 0 Å². The van der Waals surface area contributed by atoms with Crippen LogP contribution in [0.4, 0.5) is 5.13 Å². The molecule has 0 bridgehead atoms. The van der Waals surface area contributed by atoms with E-state index in [1.54, 1.807) is 5.38 Å². The maximum Gasteiger partial charge on any atom is 0.292 e. The summed E-state index contributed by atoms with van der Waals surface area (Å²) in [5.74, 6) is -0.0302. The van der Waals surface area contributed by atoms with Crippen molar-refractivity contribution in [3.8, 4) is 0 Å². The first kappa shape index (κ1) is 10.6. The minimum Gasteiger partial charge on any atom is -0.375 e. The predicted molar refractivity (Wildman–Crippen MR) is 57.0 cm³/mol. The standard InChI is InChI=1S/C8H9N5O2S/c1-10-7(14)6-12-5(15-13-6)2-4-3-16-8(9)11-4/h3H,2H2,1H3,(H2,9,11)(H,10,14). The van der Waals surface area contributed by atoms with Crippen LogP contribution in [0.1, 0.15) is 22.2 Å². The molecule has 16 heavy (non-hydrogen) atoms. The molecule has 0 saturated heterocycles. The van der Waals surface area contributed by atoms with Gasteiger partial charge in [-0.2, -0.15) is 4.98 Å². The van der Waals surface area contributed by atoms with E-state index >= 15 is 0 Å². The predicted octanol–water partition coefficient (Wildman–Crippen LogP) is 0.0587. The molecule has 0 aromatic carbocycles. The van der Waals surface area contributed by atoms with Gasteiger partial charge in [0.05, 0.1) is 12.1 Å². The second kappa shape index (κ2) is 4.27. The van der Waals surface area contributed by atoms with Crippen molar-refractivity contribution in [2.24, 2.45) is 0 Å². The van der Waals surface area contributed by atoms with E-state index in [1.807, 2.05) is 0 Å². The highest BCUT2D eigenvalue weighted by atomic mass is 32.1. The Morgan fingerprint density at radius 3 is 3.06 bits per heavy atom. The lowest BCUT2D eigenvalue weighted by atomic mass is 10.3. The minimum absolute atomic E-state index is 0.0145. The van der Waals surface area contributed by atoms with Crippen LogP contribution in [-0.4, -0.2) is 28.1 Å². The van der Waals surface area contributed by atoms with Gasteiger partial charge in [0.2, 0.25) is 5.89 Å². The molecule has 0 spiro atoms. The second-order valence-electron chi connectivity index (χ2n) is 2.94. The van der Waals surface area contributed by atoms with Crippen LogP contribution in [0.3, 0.4) is 0 Å². The number of hydrogen-bond acceptors (Lipinski definition) is 7. The number of nitrogens with two attached hydrogens (primary N) is 1. The van der Waals surface area contributed by atoms with Gasteiger partial charge in [0.1, 0.15) is 0 Å². The maximum absolute atomic E-state index is 11.2. The zero-order valence-electron chi connectivity index (χ0n) is 8.43. The fourth-order valence-electron chi connectivity index (χ4n) is 1.09. The van der Waals surface area contributed by atoms with Crippen molar-refractivity contribution in [1.82, 2.24) is 20.4 Å². The normalized spacial score (nSPS) is 10.3. The molecule has 0 unspecified atom stereocenters. The summed E-state index contributed by atoms with van der Waals surface area (Å²) in [5.41, 5.74) is 6.23. The van der Waals surface area contributed by atoms with E-state index < -0.39 is 0 Å². The molecule has 2 rings (SSSR count). The monoisotopic (exact) mass is 239 g/mol. The number of anilines is 1. The summed E-state index contributed by atoms with van der Waals surface area (Å²) in [6.07, 6.45) is 0.373. The third kappa shape index (κ3) is 2.16. The molecule has 0 atom stereocenters. The molecule has 2 aromatic rings. The average molecular weight is 239 g/mol. The van der Waals surface area contributed by atoms with Crippen LogP contribution in [-0.2, 0) is 6.42 Å². The highest BCUT2D eigenvalue weighted by Gasteiger charge is 2.13. The van der Waals surface area contributed by atoms with E-state index in [1.165, 1.54) is 18.4 Å². The van der Waals surface area contributed by atoms with E-state index in [0.29, 0.717) is 17.4 Å². The third-order valence-electron chi connectivity index (χ3n) is 1.80. The summed E-state index contributed by atoms with van der Waals surface area (Å²) in [7, 11) is 1.50. The van der Waals surface area contributed by atoms with Crippen LogP contribution in [0, 0.1) is 0 Å². The Bertz CT molecular complexity index is 506. The summed E-state index contributed by atoms with van der Waals surface area (Å²) in [6, 6.07) is 0. The minimum atomic E-state index is -0.382. The van der Waals surface area contributed by atoms with Gasteiger partial charge in [-0.3, -0.25) is 4.79 Å². The van der Waals surface area contributed by atoms with Gasteiger partial charge in [0.25, 0.3) is 11.7 Å². The van der Waals surface area contributed by atoms with Gasteiger partial charge in [-0.15, -0.1) is 11.3 Å². The number of hydrogen-bond donors (Lipinski definition) is 2. The molecule has 3 N–H and O–H groups in total. The van der Waals surface area contributed by atoms with E-state index in [4.69, 9.17) is 10.3 Å². The number of thiazole rings is 1. The van der Waals surface area contributed by atoms with Crippen LogP contribution >= 0.6 is 11.3 Å². The van der Waals surface area contributed by atoms with Crippen molar-refractivity contribution in [3.05, 3.63) is 22.8 Å². The van der Waals surface area contributed by atoms with Crippen LogP contribution in [0.15, 0.2) is 9.90 Å². The van der Waals surface area contributed by atoms with E-state index in [0.717, 1.165) is 5.69 Å². The highest BCUT2D eigenvalue weighted by molar-refractivity contribution is 7.13. The van der Waals surface area contributed by atoms with Crippen molar-refractivity contribution < 1.29 is 9.32 Å². The molecule has 1 amide bonds. The Morgan fingerprint density at radius 1 is 1.62 bits per heavy atom. The van der Waals surface area contributed by atoms with Crippen LogP contribution in [0.25, 0.3) is 0 Å². The summed E-state index contributed by atoms with van der Waals surface area (Å²) in [5, 5.41) is 8.23. The Hall–Kier alpha value is -1.96. The van der Waals surface area contributed by atoms with Crippen LogP contribution in [0.2, 0.25) is 0 Å². The van der Waals surface area contributed by atoms with Gasteiger partial charge in [0, 0.05) is 12.4 Å². The fraction of sp³-hybridized carbons (Fsp3) is 0.250. The molecule has 0 aliphatic carbocycles. The number of carbonyl (C=O) groups excluding carboxylic acids is 1. The van der Waals surface area contributed by atoms with Gasteiger partial charge in [-0.1, -0.05) is 5.16 Å². The van der Waals surface area contributed by atoms with Crippen molar-refractivity contribution in [2.75, 3.05) is 12.8 Å². The third-order valence-corrected chi connectivity index (χ3v) is 2.52. The van der Waals surface area contributed by atoms with Gasteiger partial charge in [-0.05, 0) is 0 Å². The fourth-order valence-corrected chi connectivity index (χ4v) is 1.65. The molecule has 84 valence electrons. The van der Waals surface area contributed by atoms with Gasteiger partial charge >= 0.3 is 0 Å². The SMILES string of the molecule is CNC(=O)c1noc(Cc2csc(N)n2)n1. The zero-order valence-corrected chi connectivity index (χ0v) is 9.24. The molecule has 0 aliphatic heterocycles. The van der Waals surface area contributed by atoms with Gasteiger partial charge < -0.3 is 15.6 Å². The Kier molecular flexibility index (Phi) is 2.82. The first-order valence-electron chi connectivity index (χ1n) is 4.43. The van der Waals surface area contributed by atoms with Gasteiger partial charge in [0.15, 0.2) is 5.13 Å². The second-order valence-corrected chi connectivity index (χ2v) is 3.83. The van der Waals surface area contributed by atoms with Crippen molar-refractivity contribution in [2.45, 2.75) is 6.42 Å². The highest BCUT2D eigenvalue weighted by Crippen LogP contribution is 2.14. The molecular formula is C8H9N5O2S. The number of nitrogen functional groups attached to an aromatic ring is 1. The maximum atomic E-state index is 11.2. The summed E-state index contributed by atoms with van der Waals surface area (Å²) >= 11 is 1.34. The van der Waals surface area contributed by atoms with E-state index in [-0.39, 0.29) is 11.7 Å². The Morgan fingerprint density at radius 2 is 2.44 bits per heavy atom. The summed E-state index contributed by atoms with van der Waals surface area (Å²) in [4.78, 5) is 19.1. The molecule has 0 saturated carbocycles. The number of rotatable bonds is 3. The lowest BCUT2D eigenvalue weighted by molar-refractivity contribution is 0.0950. The van der Waals surface area contributed by atoms with Crippen LogP contribution < -0.4 is 11.1 Å². The smallest absolute Gasteiger partial charge is 0.292 e. The average Bonchev–Trinajstić information content (AvgIpc) is 2.87. The molecule has 0 radical (unpaired) electrons. The molecule has 7 nitrogen and oxygen atoms in total.